The van der Waals surface area contributed by atoms with E-state index in [4.69, 9.17) is 11.6 Å². The van der Waals surface area contributed by atoms with Crippen LogP contribution in [0.15, 0.2) is 59.5 Å². The monoisotopic (exact) mass is 417 g/mol. The molecule has 7 nitrogen and oxygen atoms in total. The van der Waals surface area contributed by atoms with Crippen LogP contribution in [0, 0.1) is 6.92 Å². The van der Waals surface area contributed by atoms with Gasteiger partial charge in [0.1, 0.15) is 17.5 Å². The molecule has 0 unspecified atom stereocenters. The SMILES string of the molecule is CCNc1cc(Nc2ccc(NS(=O)(=O)c3ccc(Cl)cc3)cc2)nc(C)n1. The average Bonchev–Trinajstić information content (AvgIpc) is 2.63. The minimum atomic E-state index is -3.68. The highest BCUT2D eigenvalue weighted by Gasteiger charge is 2.14. The van der Waals surface area contributed by atoms with Gasteiger partial charge in [-0.25, -0.2) is 18.4 Å². The fourth-order valence-electron chi connectivity index (χ4n) is 2.50. The number of aromatic nitrogens is 2. The molecule has 0 aliphatic rings. The van der Waals surface area contributed by atoms with Crippen molar-refractivity contribution in [2.24, 2.45) is 0 Å². The van der Waals surface area contributed by atoms with Crippen LogP contribution in [0.3, 0.4) is 0 Å². The first-order valence-corrected chi connectivity index (χ1v) is 10.5. The van der Waals surface area contributed by atoms with Crippen molar-refractivity contribution in [1.82, 2.24) is 9.97 Å². The predicted molar refractivity (Wildman–Crippen MR) is 113 cm³/mol. The second-order valence-electron chi connectivity index (χ2n) is 5.98. The number of benzene rings is 2. The van der Waals surface area contributed by atoms with E-state index in [1.54, 1.807) is 24.3 Å². The number of hydrogen-bond acceptors (Lipinski definition) is 6. The van der Waals surface area contributed by atoms with Gasteiger partial charge in [0.2, 0.25) is 0 Å². The molecule has 0 spiro atoms. The minimum Gasteiger partial charge on any atom is -0.370 e. The molecule has 0 amide bonds. The number of anilines is 4. The van der Waals surface area contributed by atoms with E-state index in [2.05, 4.69) is 25.3 Å². The summed E-state index contributed by atoms with van der Waals surface area (Å²) in [5.74, 6) is 2.04. The number of hydrogen-bond donors (Lipinski definition) is 3. The zero-order valence-electron chi connectivity index (χ0n) is 15.4. The van der Waals surface area contributed by atoms with Gasteiger partial charge in [-0.1, -0.05) is 11.6 Å². The molecule has 0 atom stereocenters. The molecule has 1 heterocycles. The maximum absolute atomic E-state index is 12.4. The minimum absolute atomic E-state index is 0.145. The lowest BCUT2D eigenvalue weighted by molar-refractivity contribution is 0.601. The van der Waals surface area contributed by atoms with Crippen LogP contribution >= 0.6 is 11.6 Å². The Morgan fingerprint density at radius 1 is 0.929 bits per heavy atom. The summed E-state index contributed by atoms with van der Waals surface area (Å²) in [7, 11) is -3.68. The zero-order valence-corrected chi connectivity index (χ0v) is 17.0. The molecular formula is C19H20ClN5O2S. The second-order valence-corrected chi connectivity index (χ2v) is 8.10. The number of sulfonamides is 1. The van der Waals surface area contributed by atoms with Gasteiger partial charge in [-0.2, -0.15) is 0 Å². The van der Waals surface area contributed by atoms with E-state index in [0.717, 1.165) is 18.1 Å². The van der Waals surface area contributed by atoms with Gasteiger partial charge in [-0.05, 0) is 62.4 Å². The van der Waals surface area contributed by atoms with Gasteiger partial charge in [0, 0.05) is 29.0 Å². The van der Waals surface area contributed by atoms with E-state index in [-0.39, 0.29) is 4.90 Å². The number of rotatable bonds is 7. The van der Waals surface area contributed by atoms with E-state index in [1.165, 1.54) is 24.3 Å². The Labute approximate surface area is 169 Å². The summed E-state index contributed by atoms with van der Waals surface area (Å²) in [6.45, 7) is 4.58. The van der Waals surface area contributed by atoms with Gasteiger partial charge in [-0.15, -0.1) is 0 Å². The summed E-state index contributed by atoms with van der Waals surface area (Å²) in [5, 5.41) is 6.82. The fourth-order valence-corrected chi connectivity index (χ4v) is 3.69. The van der Waals surface area contributed by atoms with Crippen LogP contribution in [-0.2, 0) is 10.0 Å². The normalized spacial score (nSPS) is 11.1. The molecule has 0 radical (unpaired) electrons. The Hall–Kier alpha value is -2.84. The summed E-state index contributed by atoms with van der Waals surface area (Å²) in [6.07, 6.45) is 0. The molecule has 3 rings (SSSR count). The summed E-state index contributed by atoms with van der Waals surface area (Å²) in [6, 6.07) is 14.7. The molecule has 2 aromatic carbocycles. The largest absolute Gasteiger partial charge is 0.370 e. The van der Waals surface area contributed by atoms with Gasteiger partial charge in [0.25, 0.3) is 10.0 Å². The van der Waals surface area contributed by atoms with Crippen LogP contribution in [0.1, 0.15) is 12.7 Å². The summed E-state index contributed by atoms with van der Waals surface area (Å²) < 4.78 is 27.4. The first-order chi connectivity index (χ1) is 13.4. The molecule has 146 valence electrons. The van der Waals surface area contributed by atoms with Crippen LogP contribution in [0.4, 0.5) is 23.0 Å². The molecule has 0 aliphatic carbocycles. The van der Waals surface area contributed by atoms with Crippen molar-refractivity contribution in [3.05, 3.63) is 65.4 Å². The molecule has 3 aromatic rings. The average molecular weight is 418 g/mol. The quantitative estimate of drug-likeness (QED) is 0.526. The molecule has 0 fully saturated rings. The molecule has 1 aromatic heterocycles. The topological polar surface area (TPSA) is 96.0 Å². The second kappa shape index (κ2) is 8.45. The standard InChI is InChI=1S/C19H20ClN5O2S/c1-3-21-18-12-19(23-13(2)22-18)24-15-6-8-16(9-7-15)25-28(26,27)17-10-4-14(20)5-11-17/h4-12,25H,3H2,1-2H3,(H2,21,22,23,24). The van der Waals surface area contributed by atoms with Gasteiger partial charge >= 0.3 is 0 Å². The Balaban J connectivity index is 1.72. The third kappa shape index (κ3) is 5.11. The summed E-state index contributed by atoms with van der Waals surface area (Å²) in [5.41, 5.74) is 1.22. The van der Waals surface area contributed by atoms with Crippen LogP contribution in [0.25, 0.3) is 0 Å². The van der Waals surface area contributed by atoms with Crippen molar-refractivity contribution in [3.8, 4) is 0 Å². The Morgan fingerprint density at radius 2 is 1.54 bits per heavy atom. The predicted octanol–water partition coefficient (Wildman–Crippen LogP) is 4.41. The van der Waals surface area contributed by atoms with E-state index in [0.29, 0.717) is 22.4 Å². The lowest BCUT2D eigenvalue weighted by Crippen LogP contribution is -2.12. The Morgan fingerprint density at radius 3 is 2.18 bits per heavy atom. The third-order valence-corrected chi connectivity index (χ3v) is 5.38. The summed E-state index contributed by atoms with van der Waals surface area (Å²) in [4.78, 5) is 8.81. The van der Waals surface area contributed by atoms with Crippen LogP contribution in [-0.4, -0.2) is 24.9 Å². The van der Waals surface area contributed by atoms with Crippen molar-refractivity contribution in [2.75, 3.05) is 21.9 Å². The number of nitrogens with zero attached hydrogens (tertiary/aromatic N) is 2. The Bertz CT molecular complexity index is 1050. The molecule has 9 heteroatoms. The number of halogens is 1. The molecule has 0 aliphatic heterocycles. The van der Waals surface area contributed by atoms with E-state index < -0.39 is 10.0 Å². The molecule has 3 N–H and O–H groups in total. The molecule has 0 saturated heterocycles. The van der Waals surface area contributed by atoms with Gasteiger partial charge in [0.05, 0.1) is 4.90 Å². The first kappa shape index (κ1) is 19.9. The van der Waals surface area contributed by atoms with Crippen molar-refractivity contribution in [3.63, 3.8) is 0 Å². The first-order valence-electron chi connectivity index (χ1n) is 8.61. The fraction of sp³-hybridized carbons (Fsp3) is 0.158. The summed E-state index contributed by atoms with van der Waals surface area (Å²) >= 11 is 5.81. The highest BCUT2D eigenvalue weighted by atomic mass is 35.5. The van der Waals surface area contributed by atoms with Crippen molar-refractivity contribution >= 4 is 44.6 Å². The van der Waals surface area contributed by atoms with Gasteiger partial charge in [-0.3, -0.25) is 4.72 Å². The van der Waals surface area contributed by atoms with Gasteiger partial charge in [0.15, 0.2) is 0 Å². The van der Waals surface area contributed by atoms with Crippen molar-refractivity contribution in [2.45, 2.75) is 18.7 Å². The van der Waals surface area contributed by atoms with E-state index in [9.17, 15) is 8.42 Å². The van der Waals surface area contributed by atoms with Crippen molar-refractivity contribution in [1.29, 1.82) is 0 Å². The highest BCUT2D eigenvalue weighted by Crippen LogP contribution is 2.22. The number of aryl methyl sites for hydroxylation is 1. The van der Waals surface area contributed by atoms with Crippen molar-refractivity contribution < 1.29 is 8.42 Å². The highest BCUT2D eigenvalue weighted by molar-refractivity contribution is 7.92. The maximum atomic E-state index is 12.4. The third-order valence-electron chi connectivity index (χ3n) is 3.73. The molecule has 0 bridgehead atoms. The Kier molecular flexibility index (Phi) is 6.01. The molecular weight excluding hydrogens is 398 g/mol. The van der Waals surface area contributed by atoms with E-state index in [1.807, 2.05) is 19.9 Å². The zero-order chi connectivity index (χ0) is 20.1. The lowest BCUT2D eigenvalue weighted by Gasteiger charge is -2.11. The van der Waals surface area contributed by atoms with E-state index >= 15 is 0 Å². The van der Waals surface area contributed by atoms with Crippen LogP contribution < -0.4 is 15.4 Å². The van der Waals surface area contributed by atoms with Gasteiger partial charge < -0.3 is 10.6 Å². The maximum Gasteiger partial charge on any atom is 0.261 e. The smallest absolute Gasteiger partial charge is 0.261 e. The number of nitrogens with one attached hydrogen (secondary N) is 3. The van der Waals surface area contributed by atoms with Crippen LogP contribution in [0.2, 0.25) is 5.02 Å². The van der Waals surface area contributed by atoms with Crippen LogP contribution in [0.5, 0.6) is 0 Å². The lowest BCUT2D eigenvalue weighted by atomic mass is 10.3. The molecule has 0 saturated carbocycles. The molecule has 28 heavy (non-hydrogen) atoms.